The molecule has 0 aromatic carbocycles. The van der Waals surface area contributed by atoms with Crippen LogP contribution in [0.1, 0.15) is 13.3 Å². The van der Waals surface area contributed by atoms with Crippen molar-refractivity contribution in [2.24, 2.45) is 4.99 Å². The van der Waals surface area contributed by atoms with Crippen molar-refractivity contribution in [3.8, 4) is 0 Å². The molecule has 1 heterocycles. The van der Waals surface area contributed by atoms with Crippen LogP contribution in [0.4, 0.5) is 0 Å². The number of likely N-dealkylation sites (N-methyl/N-ethyl adjacent to an activating group) is 1. The van der Waals surface area contributed by atoms with Gasteiger partial charge in [0.15, 0.2) is 0 Å². The second kappa shape index (κ2) is 3.52. The first kappa shape index (κ1) is 7.48. The fraction of sp³-hybridized carbons (Fsp3) is 0.625. The second-order valence-electron chi connectivity index (χ2n) is 2.56. The third kappa shape index (κ3) is 1.67. The summed E-state index contributed by atoms with van der Waals surface area (Å²) in [6.07, 6.45) is 5.11. The lowest BCUT2D eigenvalue weighted by Gasteiger charge is -2.15. The van der Waals surface area contributed by atoms with Crippen molar-refractivity contribution < 1.29 is 0 Å². The molecule has 2 heteroatoms. The number of allylic oxidation sites excluding steroid dienone is 1. The Morgan fingerprint density at radius 3 is 3.00 bits per heavy atom. The van der Waals surface area contributed by atoms with Crippen LogP contribution in [0.2, 0.25) is 0 Å². The van der Waals surface area contributed by atoms with E-state index in [0.717, 1.165) is 13.0 Å². The van der Waals surface area contributed by atoms with Gasteiger partial charge in [-0.05, 0) is 26.5 Å². The zero-order valence-electron chi connectivity index (χ0n) is 6.59. The Morgan fingerprint density at radius 2 is 2.50 bits per heavy atom. The second-order valence-corrected chi connectivity index (χ2v) is 2.56. The zero-order valence-corrected chi connectivity index (χ0v) is 6.59. The highest BCUT2D eigenvalue weighted by atomic mass is 14.9. The Hall–Kier alpha value is -0.630. The van der Waals surface area contributed by atoms with Crippen LogP contribution in [-0.4, -0.2) is 25.8 Å². The summed E-state index contributed by atoms with van der Waals surface area (Å²) in [5.74, 6) is 0. The largest absolute Gasteiger partial charge is 0.314 e. The highest BCUT2D eigenvalue weighted by molar-refractivity contribution is 5.73. The first-order valence-electron chi connectivity index (χ1n) is 3.70. The Bertz CT molecular complexity index is 159. The first-order valence-corrected chi connectivity index (χ1v) is 3.70. The Morgan fingerprint density at radius 1 is 1.70 bits per heavy atom. The molecule has 0 saturated carbocycles. The summed E-state index contributed by atoms with van der Waals surface area (Å²) in [4.78, 5) is 4.11. The maximum atomic E-state index is 4.11. The summed E-state index contributed by atoms with van der Waals surface area (Å²) in [5, 5.41) is 3.20. The van der Waals surface area contributed by atoms with Gasteiger partial charge >= 0.3 is 0 Å². The lowest BCUT2D eigenvalue weighted by atomic mass is 10.0. The molecule has 1 aliphatic rings. The molecule has 0 amide bonds. The van der Waals surface area contributed by atoms with Crippen molar-refractivity contribution in [2.75, 3.05) is 13.6 Å². The van der Waals surface area contributed by atoms with Gasteiger partial charge in [0.25, 0.3) is 0 Å². The van der Waals surface area contributed by atoms with Crippen molar-refractivity contribution in [1.82, 2.24) is 5.32 Å². The molecule has 1 atom stereocenters. The van der Waals surface area contributed by atoms with E-state index in [-0.39, 0.29) is 0 Å². The van der Waals surface area contributed by atoms with Crippen molar-refractivity contribution in [3.05, 3.63) is 11.6 Å². The highest BCUT2D eigenvalue weighted by Crippen LogP contribution is 2.08. The van der Waals surface area contributed by atoms with Crippen molar-refractivity contribution in [2.45, 2.75) is 19.4 Å². The van der Waals surface area contributed by atoms with E-state index in [4.69, 9.17) is 0 Å². The van der Waals surface area contributed by atoms with Gasteiger partial charge in [-0.2, -0.15) is 0 Å². The van der Waals surface area contributed by atoms with E-state index in [9.17, 15) is 0 Å². The molecule has 1 N–H and O–H groups in total. The van der Waals surface area contributed by atoms with Gasteiger partial charge in [-0.15, -0.1) is 0 Å². The van der Waals surface area contributed by atoms with Crippen LogP contribution in [0.3, 0.4) is 0 Å². The number of dihydropyridines is 1. The summed E-state index contributed by atoms with van der Waals surface area (Å²) in [7, 11) is 1.98. The quantitative estimate of drug-likeness (QED) is 0.604. The van der Waals surface area contributed by atoms with E-state index < -0.39 is 0 Å². The number of nitrogens with zero attached hydrogens (tertiary/aromatic N) is 1. The molecule has 1 unspecified atom stereocenters. The van der Waals surface area contributed by atoms with Crippen LogP contribution in [0.5, 0.6) is 0 Å². The first-order chi connectivity index (χ1) is 4.84. The minimum atomic E-state index is 0.506. The molecule has 0 fully saturated rings. The van der Waals surface area contributed by atoms with Gasteiger partial charge in [-0.25, -0.2) is 0 Å². The molecule has 2 nitrogen and oxygen atoms in total. The molecule has 1 aliphatic heterocycles. The standard InChI is InChI=1S/C8H14N2/c1-7(9-2)8-3-5-10-6-4-8/h3,5,7,9H,4,6H2,1-2H3. The molecule has 56 valence electrons. The predicted molar refractivity (Wildman–Crippen MR) is 44.6 cm³/mol. The molecular weight excluding hydrogens is 124 g/mol. The Kier molecular flexibility index (Phi) is 2.63. The number of rotatable bonds is 2. The molecule has 0 aliphatic carbocycles. The number of nitrogens with one attached hydrogen (secondary N) is 1. The van der Waals surface area contributed by atoms with Crippen LogP contribution >= 0.6 is 0 Å². The average molecular weight is 138 g/mol. The SMILES string of the molecule is CNC(C)C1=CC=NCC1. The Balaban J connectivity index is 2.53. The van der Waals surface area contributed by atoms with Crippen LogP contribution in [-0.2, 0) is 0 Å². The zero-order chi connectivity index (χ0) is 7.40. The summed E-state index contributed by atoms with van der Waals surface area (Å²) in [6.45, 7) is 3.13. The van der Waals surface area contributed by atoms with Crippen molar-refractivity contribution >= 4 is 6.21 Å². The van der Waals surface area contributed by atoms with Gasteiger partial charge in [0, 0.05) is 18.8 Å². The van der Waals surface area contributed by atoms with E-state index in [0.29, 0.717) is 6.04 Å². The summed E-state index contributed by atoms with van der Waals surface area (Å²) < 4.78 is 0. The molecule has 0 aromatic heterocycles. The van der Waals surface area contributed by atoms with Crippen LogP contribution in [0, 0.1) is 0 Å². The number of aliphatic imine (C=N–C) groups is 1. The number of hydrogen-bond donors (Lipinski definition) is 1. The van der Waals surface area contributed by atoms with E-state index in [2.05, 4.69) is 23.3 Å². The van der Waals surface area contributed by atoms with Crippen molar-refractivity contribution in [3.63, 3.8) is 0 Å². The molecule has 0 spiro atoms. The number of hydrogen-bond acceptors (Lipinski definition) is 2. The summed E-state index contributed by atoms with van der Waals surface area (Å²) >= 11 is 0. The molecule has 10 heavy (non-hydrogen) atoms. The molecule has 0 bridgehead atoms. The van der Waals surface area contributed by atoms with E-state index in [1.54, 1.807) is 0 Å². The molecule has 0 saturated heterocycles. The lowest BCUT2D eigenvalue weighted by molar-refractivity contribution is 0.661. The minimum absolute atomic E-state index is 0.506. The van der Waals surface area contributed by atoms with Gasteiger partial charge in [0.1, 0.15) is 0 Å². The predicted octanol–water partition coefficient (Wildman–Crippen LogP) is 0.995. The van der Waals surface area contributed by atoms with E-state index in [1.165, 1.54) is 5.57 Å². The maximum absolute atomic E-state index is 4.11. The third-order valence-corrected chi connectivity index (χ3v) is 1.91. The van der Waals surface area contributed by atoms with Crippen LogP contribution in [0.15, 0.2) is 16.6 Å². The van der Waals surface area contributed by atoms with E-state index in [1.807, 2.05) is 13.3 Å². The molecular formula is C8H14N2. The van der Waals surface area contributed by atoms with Crippen LogP contribution in [0.25, 0.3) is 0 Å². The molecule has 0 aromatic rings. The van der Waals surface area contributed by atoms with Crippen LogP contribution < -0.4 is 5.32 Å². The topological polar surface area (TPSA) is 24.4 Å². The van der Waals surface area contributed by atoms with Crippen molar-refractivity contribution in [1.29, 1.82) is 0 Å². The average Bonchev–Trinajstić information content (AvgIpc) is 2.05. The summed E-state index contributed by atoms with van der Waals surface area (Å²) in [5.41, 5.74) is 1.46. The van der Waals surface area contributed by atoms with Gasteiger partial charge in [0.05, 0.1) is 0 Å². The van der Waals surface area contributed by atoms with Gasteiger partial charge < -0.3 is 5.32 Å². The normalized spacial score (nSPS) is 20.4. The monoisotopic (exact) mass is 138 g/mol. The smallest absolute Gasteiger partial charge is 0.0427 e. The maximum Gasteiger partial charge on any atom is 0.0427 e. The van der Waals surface area contributed by atoms with Gasteiger partial charge in [-0.1, -0.05) is 5.57 Å². The highest BCUT2D eigenvalue weighted by Gasteiger charge is 2.06. The summed E-state index contributed by atoms with van der Waals surface area (Å²) in [6, 6.07) is 0.506. The van der Waals surface area contributed by atoms with Gasteiger partial charge in [-0.3, -0.25) is 4.99 Å². The molecule has 0 radical (unpaired) electrons. The fourth-order valence-electron chi connectivity index (χ4n) is 1.05. The molecule has 1 rings (SSSR count). The lowest BCUT2D eigenvalue weighted by Crippen LogP contribution is -2.24. The van der Waals surface area contributed by atoms with Gasteiger partial charge in [0.2, 0.25) is 0 Å². The van der Waals surface area contributed by atoms with E-state index >= 15 is 0 Å². The Labute approximate surface area is 62.0 Å². The third-order valence-electron chi connectivity index (χ3n) is 1.91. The fourth-order valence-corrected chi connectivity index (χ4v) is 1.05. The minimum Gasteiger partial charge on any atom is -0.314 e.